The molecule has 3 aliphatic rings. The summed E-state index contributed by atoms with van der Waals surface area (Å²) < 4.78 is 22.6. The maximum Gasteiger partial charge on any atom is 0.397 e. The lowest BCUT2D eigenvalue weighted by Gasteiger charge is -2.32. The van der Waals surface area contributed by atoms with Gasteiger partial charge in [-0.2, -0.15) is 9.13 Å². The average molecular weight is 580 g/mol. The molecule has 7 heterocycles. The van der Waals surface area contributed by atoms with Gasteiger partial charge in [0.1, 0.15) is 39.3 Å². The summed E-state index contributed by atoms with van der Waals surface area (Å²) in [4.78, 5) is 4.98. The Balaban J connectivity index is 1.22. The van der Waals surface area contributed by atoms with E-state index in [9.17, 15) is 0 Å². The fourth-order valence-corrected chi connectivity index (χ4v) is 8.26. The van der Waals surface area contributed by atoms with Gasteiger partial charge in [-0.3, -0.25) is 0 Å². The number of benzene rings is 5. The summed E-state index contributed by atoms with van der Waals surface area (Å²) in [5.41, 5.74) is 7.44. The summed E-state index contributed by atoms with van der Waals surface area (Å²) in [6.45, 7) is 0. The standard InChI is InChI=1S/C38H21N5O2/c1-2-9-23-19-32-27(18-22(23)8-1)39-37(45-32)24-20-41-29-12-7-13-30-34(29)38(42(41)21-24)35-31(44-30)16-15-26-25-10-3-4-11-28(25)43(36(26)35)33-14-5-6-17-40(33)38/h1-21H/q+2. The number of oxazole rings is 1. The Labute approximate surface area is 255 Å². The van der Waals surface area contributed by atoms with Crippen LogP contribution in [0, 0.1) is 0 Å². The van der Waals surface area contributed by atoms with Gasteiger partial charge in [-0.1, -0.05) is 53.2 Å². The molecular formula is C38H21N5O2+2. The zero-order valence-electron chi connectivity index (χ0n) is 23.7. The fourth-order valence-electron chi connectivity index (χ4n) is 8.26. The minimum absolute atomic E-state index is 0.595. The molecule has 208 valence electrons. The predicted molar refractivity (Wildman–Crippen MR) is 169 cm³/mol. The molecule has 7 heteroatoms. The zero-order valence-corrected chi connectivity index (χ0v) is 23.7. The molecule has 3 aliphatic heterocycles. The van der Waals surface area contributed by atoms with Crippen molar-refractivity contribution in [2.45, 2.75) is 5.66 Å². The van der Waals surface area contributed by atoms with E-state index in [0.29, 0.717) is 5.89 Å². The molecule has 0 fully saturated rings. The van der Waals surface area contributed by atoms with E-state index in [2.05, 4.69) is 140 Å². The maximum atomic E-state index is 6.75. The van der Waals surface area contributed by atoms with Crippen molar-refractivity contribution in [2.24, 2.45) is 0 Å². The van der Waals surface area contributed by atoms with Crippen molar-refractivity contribution >= 4 is 43.7 Å². The fraction of sp³-hybridized carbons (Fsp3) is 0.0263. The van der Waals surface area contributed by atoms with Crippen LogP contribution in [-0.4, -0.2) is 14.2 Å². The molecule has 4 aromatic heterocycles. The molecule has 9 aromatic rings. The minimum atomic E-state index is -0.737. The van der Waals surface area contributed by atoms with E-state index in [0.717, 1.165) is 67.1 Å². The SMILES string of the molecule is c1cc2c3c(c1)-n1cc(-c4nc5cc6ccccc6cc5o4)c[n+]1C31c3c(ccc4c5ccccc5n(c34)-c3cccc[n+]31)O2. The summed E-state index contributed by atoms with van der Waals surface area (Å²) in [5.74, 6) is 3.40. The van der Waals surface area contributed by atoms with Crippen molar-refractivity contribution in [2.75, 3.05) is 0 Å². The Morgan fingerprint density at radius 2 is 1.58 bits per heavy atom. The molecule has 0 aliphatic carbocycles. The third-order valence-corrected chi connectivity index (χ3v) is 9.97. The first-order valence-electron chi connectivity index (χ1n) is 15.1. The summed E-state index contributed by atoms with van der Waals surface area (Å²) in [6.07, 6.45) is 6.52. The smallest absolute Gasteiger partial charge is 0.397 e. The highest BCUT2D eigenvalue weighted by molar-refractivity contribution is 6.11. The molecule has 1 spiro atoms. The van der Waals surface area contributed by atoms with Gasteiger partial charge < -0.3 is 9.15 Å². The lowest BCUT2D eigenvalue weighted by Crippen LogP contribution is -2.76. The lowest BCUT2D eigenvalue weighted by atomic mass is 9.84. The molecule has 1 unspecified atom stereocenters. The van der Waals surface area contributed by atoms with E-state index in [1.54, 1.807) is 0 Å². The van der Waals surface area contributed by atoms with E-state index >= 15 is 0 Å². The van der Waals surface area contributed by atoms with Crippen LogP contribution in [0.4, 0.5) is 0 Å². The highest BCUT2D eigenvalue weighted by atomic mass is 16.5. The van der Waals surface area contributed by atoms with Gasteiger partial charge >= 0.3 is 5.66 Å². The van der Waals surface area contributed by atoms with E-state index < -0.39 is 5.66 Å². The molecule has 1 atom stereocenters. The number of fused-ring (bicyclic) bond motifs is 9. The van der Waals surface area contributed by atoms with Gasteiger partial charge in [-0.15, -0.1) is 4.68 Å². The van der Waals surface area contributed by atoms with Gasteiger partial charge in [0.25, 0.3) is 5.82 Å². The topological polar surface area (TPSA) is 52.9 Å². The first-order chi connectivity index (χ1) is 22.3. The Kier molecular flexibility index (Phi) is 3.62. The quantitative estimate of drug-likeness (QED) is 0.194. The van der Waals surface area contributed by atoms with Crippen molar-refractivity contribution in [1.82, 2.24) is 14.2 Å². The monoisotopic (exact) mass is 579 g/mol. The number of hydrogen-bond acceptors (Lipinski definition) is 3. The third kappa shape index (κ3) is 2.41. The minimum Gasteiger partial charge on any atom is -0.456 e. The summed E-state index contributed by atoms with van der Waals surface area (Å²) in [5, 5.41) is 4.71. The Morgan fingerprint density at radius 1 is 0.733 bits per heavy atom. The lowest BCUT2D eigenvalue weighted by molar-refractivity contribution is -0.993. The molecule has 12 rings (SSSR count). The van der Waals surface area contributed by atoms with Gasteiger partial charge in [0.2, 0.25) is 12.1 Å². The Morgan fingerprint density at radius 3 is 2.53 bits per heavy atom. The van der Waals surface area contributed by atoms with Crippen molar-refractivity contribution < 1.29 is 18.4 Å². The van der Waals surface area contributed by atoms with Crippen LogP contribution < -0.4 is 14.0 Å². The summed E-state index contributed by atoms with van der Waals surface area (Å²) >= 11 is 0. The number of hydrogen-bond donors (Lipinski definition) is 0. The molecule has 0 radical (unpaired) electrons. The molecule has 5 aromatic carbocycles. The van der Waals surface area contributed by atoms with Crippen molar-refractivity contribution in [3.05, 3.63) is 139 Å². The number of pyridine rings is 1. The molecule has 0 saturated heterocycles. The van der Waals surface area contributed by atoms with E-state index in [4.69, 9.17) is 14.1 Å². The van der Waals surface area contributed by atoms with Crippen LogP contribution in [0.2, 0.25) is 0 Å². The number of rotatable bonds is 1. The molecule has 0 amide bonds. The van der Waals surface area contributed by atoms with Crippen LogP contribution in [0.3, 0.4) is 0 Å². The summed E-state index contributed by atoms with van der Waals surface area (Å²) in [6, 6.07) is 38.3. The van der Waals surface area contributed by atoms with Crippen LogP contribution in [0.15, 0.2) is 132 Å². The molecule has 0 bridgehead atoms. The third-order valence-electron chi connectivity index (χ3n) is 9.97. The predicted octanol–water partition coefficient (Wildman–Crippen LogP) is 7.14. The second-order valence-corrected chi connectivity index (χ2v) is 12.1. The number of ether oxygens (including phenoxy) is 1. The van der Waals surface area contributed by atoms with Crippen molar-refractivity contribution in [3.63, 3.8) is 0 Å². The van der Waals surface area contributed by atoms with Gasteiger partial charge in [-0.05, 0) is 65.4 Å². The van der Waals surface area contributed by atoms with Gasteiger partial charge in [0.15, 0.2) is 16.7 Å². The van der Waals surface area contributed by atoms with Gasteiger partial charge in [0.05, 0.1) is 12.4 Å². The number of para-hydroxylation sites is 1. The molecular weight excluding hydrogens is 558 g/mol. The van der Waals surface area contributed by atoms with E-state index in [1.165, 1.54) is 16.3 Å². The van der Waals surface area contributed by atoms with Crippen LogP contribution in [-0.2, 0) is 5.66 Å². The normalized spacial score (nSPS) is 16.7. The molecule has 0 saturated carbocycles. The first-order valence-corrected chi connectivity index (χ1v) is 15.1. The zero-order chi connectivity index (χ0) is 29.0. The van der Waals surface area contributed by atoms with Crippen molar-refractivity contribution in [1.29, 1.82) is 0 Å². The summed E-state index contributed by atoms with van der Waals surface area (Å²) in [7, 11) is 0. The highest BCUT2D eigenvalue weighted by Gasteiger charge is 2.68. The largest absolute Gasteiger partial charge is 0.456 e. The molecule has 7 nitrogen and oxygen atoms in total. The van der Waals surface area contributed by atoms with E-state index in [1.807, 2.05) is 6.07 Å². The first kappa shape index (κ1) is 22.3. The maximum absolute atomic E-state index is 6.75. The number of nitrogens with zero attached hydrogens (tertiary/aromatic N) is 5. The van der Waals surface area contributed by atoms with E-state index in [-0.39, 0.29) is 0 Å². The Bertz CT molecular complexity index is 2770. The van der Waals surface area contributed by atoms with Crippen LogP contribution in [0.25, 0.3) is 66.6 Å². The molecule has 45 heavy (non-hydrogen) atoms. The Hall–Kier alpha value is -6.21. The van der Waals surface area contributed by atoms with Gasteiger partial charge in [-0.25, -0.2) is 4.98 Å². The second-order valence-electron chi connectivity index (χ2n) is 12.1. The highest BCUT2D eigenvalue weighted by Crippen LogP contribution is 2.55. The number of aromatic nitrogens is 5. The average Bonchev–Trinajstić information content (AvgIpc) is 3.84. The van der Waals surface area contributed by atoms with Crippen molar-refractivity contribution in [3.8, 4) is 34.5 Å². The van der Waals surface area contributed by atoms with Crippen LogP contribution in [0.5, 0.6) is 11.5 Å². The van der Waals surface area contributed by atoms with Gasteiger partial charge in [0, 0.05) is 16.8 Å². The molecule has 0 N–H and O–H groups in total. The van der Waals surface area contributed by atoms with Crippen LogP contribution >= 0.6 is 0 Å². The second kappa shape index (κ2) is 7.29. The van der Waals surface area contributed by atoms with Crippen LogP contribution in [0.1, 0.15) is 11.1 Å².